The lowest BCUT2D eigenvalue weighted by atomic mass is 10.1. The lowest BCUT2D eigenvalue weighted by molar-refractivity contribution is 0.405. The topological polar surface area (TPSA) is 46.8 Å². The zero-order chi connectivity index (χ0) is 17.8. The van der Waals surface area contributed by atoms with Crippen molar-refractivity contribution in [2.24, 2.45) is 4.99 Å². The van der Waals surface area contributed by atoms with Gasteiger partial charge in [-0.1, -0.05) is 53.8 Å². The summed E-state index contributed by atoms with van der Waals surface area (Å²) >= 11 is 6.79. The third kappa shape index (κ3) is 3.65. The Kier molecular flexibility index (Phi) is 5.31. The van der Waals surface area contributed by atoms with E-state index in [0.717, 1.165) is 5.56 Å². The maximum Gasteiger partial charge on any atom is 0.212 e. The highest BCUT2D eigenvalue weighted by Crippen LogP contribution is 2.32. The van der Waals surface area contributed by atoms with Crippen LogP contribution >= 0.6 is 23.6 Å². The molecule has 1 N–H and O–H groups in total. The molecule has 25 heavy (non-hydrogen) atoms. The summed E-state index contributed by atoms with van der Waals surface area (Å²) in [4.78, 5) is 5.06. The number of aromatic nitrogens is 1. The van der Waals surface area contributed by atoms with Crippen LogP contribution in [-0.2, 0) is 0 Å². The van der Waals surface area contributed by atoms with Crippen molar-refractivity contribution in [2.75, 3.05) is 7.11 Å². The number of thiazole rings is 1. The second-order valence-electron chi connectivity index (χ2n) is 5.44. The van der Waals surface area contributed by atoms with Crippen LogP contribution in [0.25, 0.3) is 0 Å². The molecule has 0 aliphatic heterocycles. The van der Waals surface area contributed by atoms with E-state index < -0.39 is 0 Å². The van der Waals surface area contributed by atoms with Gasteiger partial charge < -0.3 is 9.84 Å². The van der Waals surface area contributed by atoms with Gasteiger partial charge in [-0.2, -0.15) is 0 Å². The largest absolute Gasteiger partial charge is 0.494 e. The van der Waals surface area contributed by atoms with Gasteiger partial charge >= 0.3 is 0 Å². The van der Waals surface area contributed by atoms with Gasteiger partial charge in [0.05, 0.1) is 19.4 Å². The Hall–Kier alpha value is -2.44. The molecule has 0 unspecified atom stereocenters. The normalized spacial score (nSPS) is 12.4. The van der Waals surface area contributed by atoms with Gasteiger partial charge in [-0.15, -0.1) is 0 Å². The first-order valence-electron chi connectivity index (χ1n) is 7.78. The summed E-state index contributed by atoms with van der Waals surface area (Å²) in [6, 6.07) is 17.4. The highest BCUT2D eigenvalue weighted by Gasteiger charge is 2.17. The number of hydrogen-bond donors (Lipinski definition) is 1. The molecule has 0 saturated carbocycles. The Morgan fingerprint density at radius 2 is 1.84 bits per heavy atom. The molecular formula is C19H18N2O2S2. The van der Waals surface area contributed by atoms with Crippen molar-refractivity contribution in [1.82, 2.24) is 4.57 Å². The average Bonchev–Trinajstić information content (AvgIpc) is 2.94. The Morgan fingerprint density at radius 1 is 1.16 bits per heavy atom. The number of benzene rings is 2. The third-order valence-electron chi connectivity index (χ3n) is 3.92. The van der Waals surface area contributed by atoms with Crippen molar-refractivity contribution in [2.45, 2.75) is 13.0 Å². The van der Waals surface area contributed by atoms with Gasteiger partial charge in [-0.25, -0.2) is 0 Å². The number of rotatable bonds is 5. The van der Waals surface area contributed by atoms with Gasteiger partial charge in [0.1, 0.15) is 16.3 Å². The molecule has 2 aromatic carbocycles. The number of ether oxygens (including phenoxy) is 1. The molecular weight excluding hydrogens is 352 g/mol. The van der Waals surface area contributed by atoms with Crippen LogP contribution in [0.2, 0.25) is 0 Å². The molecule has 0 aliphatic rings. The molecule has 0 aliphatic carbocycles. The number of para-hydroxylation sites is 2. The van der Waals surface area contributed by atoms with Crippen LogP contribution in [0.5, 0.6) is 11.6 Å². The molecule has 0 radical (unpaired) electrons. The summed E-state index contributed by atoms with van der Waals surface area (Å²) in [6.07, 6.45) is 1.63. The molecule has 1 atom stereocenters. The maximum atomic E-state index is 10.6. The first kappa shape index (κ1) is 17.4. The van der Waals surface area contributed by atoms with E-state index in [1.807, 2.05) is 61.5 Å². The summed E-state index contributed by atoms with van der Waals surface area (Å²) in [7, 11) is 1.60. The molecule has 0 saturated heterocycles. The molecule has 0 spiro atoms. The average molecular weight is 370 g/mol. The fraction of sp³-hybridized carbons (Fsp3) is 0.158. The van der Waals surface area contributed by atoms with Gasteiger partial charge in [0.25, 0.3) is 0 Å². The van der Waals surface area contributed by atoms with E-state index >= 15 is 0 Å². The first-order valence-corrected chi connectivity index (χ1v) is 9.00. The Balaban J connectivity index is 1.95. The molecule has 0 amide bonds. The summed E-state index contributed by atoms with van der Waals surface area (Å²) in [6.45, 7) is 2.01. The molecule has 3 aromatic rings. The summed E-state index contributed by atoms with van der Waals surface area (Å²) in [5.74, 6) is 0.809. The highest BCUT2D eigenvalue weighted by molar-refractivity contribution is 7.73. The van der Waals surface area contributed by atoms with Gasteiger partial charge in [0, 0.05) is 0 Å². The monoisotopic (exact) mass is 370 g/mol. The van der Waals surface area contributed by atoms with Crippen molar-refractivity contribution in [3.8, 4) is 11.6 Å². The van der Waals surface area contributed by atoms with Gasteiger partial charge in [-0.05, 0) is 36.8 Å². The SMILES string of the molecule is COc1ccccc1N=Cc1sc(=S)n([C@@H](C)c2ccccc2)c1O. The van der Waals surface area contributed by atoms with Crippen molar-refractivity contribution in [1.29, 1.82) is 0 Å². The quantitative estimate of drug-likeness (QED) is 0.486. The van der Waals surface area contributed by atoms with Crippen LogP contribution in [0.15, 0.2) is 59.6 Å². The Morgan fingerprint density at radius 3 is 2.56 bits per heavy atom. The summed E-state index contributed by atoms with van der Waals surface area (Å²) < 4.78 is 7.65. The number of hydrogen-bond acceptors (Lipinski definition) is 5. The molecule has 1 heterocycles. The van der Waals surface area contributed by atoms with E-state index in [1.165, 1.54) is 11.3 Å². The molecule has 128 valence electrons. The molecule has 1 aromatic heterocycles. The van der Waals surface area contributed by atoms with E-state index in [1.54, 1.807) is 17.9 Å². The minimum Gasteiger partial charge on any atom is -0.494 e. The van der Waals surface area contributed by atoms with Crippen LogP contribution in [0, 0.1) is 3.95 Å². The minimum atomic E-state index is -0.0571. The van der Waals surface area contributed by atoms with E-state index in [4.69, 9.17) is 17.0 Å². The molecule has 3 rings (SSSR count). The smallest absolute Gasteiger partial charge is 0.212 e. The van der Waals surface area contributed by atoms with Gasteiger partial charge in [0.15, 0.2) is 3.95 Å². The third-order valence-corrected chi connectivity index (χ3v) is 5.24. The van der Waals surface area contributed by atoms with E-state index in [0.29, 0.717) is 20.3 Å². The highest BCUT2D eigenvalue weighted by atomic mass is 32.1. The van der Waals surface area contributed by atoms with Crippen LogP contribution in [0.1, 0.15) is 23.4 Å². The summed E-state index contributed by atoms with van der Waals surface area (Å²) in [5, 5.41) is 10.6. The number of aliphatic imine (C=N–C) groups is 1. The van der Waals surface area contributed by atoms with Gasteiger partial charge in [-0.3, -0.25) is 9.56 Å². The Labute approximate surface area is 155 Å². The predicted molar refractivity (Wildman–Crippen MR) is 105 cm³/mol. The molecule has 6 heteroatoms. The summed E-state index contributed by atoms with van der Waals surface area (Å²) in [5.41, 5.74) is 1.78. The van der Waals surface area contributed by atoms with Crippen LogP contribution < -0.4 is 4.74 Å². The van der Waals surface area contributed by atoms with Crippen LogP contribution in [0.4, 0.5) is 5.69 Å². The lowest BCUT2D eigenvalue weighted by Gasteiger charge is -2.14. The standard InChI is InChI=1S/C19H18N2O2S2/c1-13(14-8-4-3-5-9-14)21-18(22)17(25-19(21)24)12-20-15-10-6-7-11-16(15)23-2/h3-13,22H,1-2H3/t13-/m0/s1. The second kappa shape index (κ2) is 7.63. The van der Waals surface area contributed by atoms with E-state index in [2.05, 4.69) is 4.99 Å². The fourth-order valence-corrected chi connectivity index (χ4v) is 3.90. The predicted octanol–water partition coefficient (Wildman–Crippen LogP) is 5.35. The van der Waals surface area contributed by atoms with Crippen molar-refractivity contribution < 1.29 is 9.84 Å². The molecule has 4 nitrogen and oxygen atoms in total. The number of aromatic hydroxyl groups is 1. The van der Waals surface area contributed by atoms with E-state index in [9.17, 15) is 5.11 Å². The van der Waals surface area contributed by atoms with Crippen molar-refractivity contribution >= 4 is 35.5 Å². The van der Waals surface area contributed by atoms with Crippen molar-refractivity contribution in [3.05, 3.63) is 69.0 Å². The maximum absolute atomic E-state index is 10.6. The van der Waals surface area contributed by atoms with E-state index in [-0.39, 0.29) is 11.9 Å². The zero-order valence-corrected chi connectivity index (χ0v) is 15.6. The van der Waals surface area contributed by atoms with Crippen LogP contribution in [0.3, 0.4) is 0 Å². The fourth-order valence-electron chi connectivity index (χ4n) is 2.56. The van der Waals surface area contributed by atoms with Crippen molar-refractivity contribution in [3.63, 3.8) is 0 Å². The minimum absolute atomic E-state index is 0.0571. The zero-order valence-electron chi connectivity index (χ0n) is 13.9. The number of methoxy groups -OCH3 is 1. The number of nitrogens with zero attached hydrogens (tertiary/aromatic N) is 2. The van der Waals surface area contributed by atoms with Crippen LogP contribution in [-0.4, -0.2) is 23.0 Å². The second-order valence-corrected chi connectivity index (χ2v) is 7.12. The lowest BCUT2D eigenvalue weighted by Crippen LogP contribution is -2.06. The molecule has 0 bridgehead atoms. The molecule has 0 fully saturated rings. The first-order chi connectivity index (χ1) is 12.1. The Bertz CT molecular complexity index is 946. The van der Waals surface area contributed by atoms with Gasteiger partial charge in [0.2, 0.25) is 5.88 Å².